The van der Waals surface area contributed by atoms with Crippen LogP contribution in [0.15, 0.2) is 28.7 Å². The molecule has 3 nitrogen and oxygen atoms in total. The number of hydrogen-bond donors (Lipinski definition) is 0. The van der Waals surface area contributed by atoms with Gasteiger partial charge in [-0.1, -0.05) is 45.9 Å². The highest BCUT2D eigenvalue weighted by atomic mass is 79.9. The number of benzene rings is 1. The zero-order valence-corrected chi connectivity index (χ0v) is 13.2. The van der Waals surface area contributed by atoms with Crippen LogP contribution in [0.2, 0.25) is 0 Å². The normalized spacial score (nSPS) is 18.9. The van der Waals surface area contributed by atoms with Gasteiger partial charge in [-0.05, 0) is 18.1 Å². The Bertz CT molecular complexity index is 492. The summed E-state index contributed by atoms with van der Waals surface area (Å²) >= 11 is 4.80. The molecule has 5 heteroatoms. The number of carbonyl (C=O) groups is 2. The zero-order valence-electron chi connectivity index (χ0n) is 10.8. The Kier molecular flexibility index (Phi) is 5.05. The number of amides is 1. The van der Waals surface area contributed by atoms with Gasteiger partial charge < -0.3 is 4.90 Å². The van der Waals surface area contributed by atoms with Gasteiger partial charge in [-0.2, -0.15) is 0 Å². The van der Waals surface area contributed by atoms with Crippen LogP contribution in [0.4, 0.5) is 0 Å². The van der Waals surface area contributed by atoms with Gasteiger partial charge in [-0.15, -0.1) is 0 Å². The smallest absolute Gasteiger partial charge is 0.223 e. The molecule has 1 saturated heterocycles. The number of thioether (sulfide) groups is 1. The predicted molar refractivity (Wildman–Crippen MR) is 81.1 cm³/mol. The molecule has 1 aromatic rings. The topological polar surface area (TPSA) is 37.4 Å². The Morgan fingerprint density at radius 2 is 2.21 bits per heavy atom. The molecule has 1 amide bonds. The molecular weight excluding hydrogens is 326 g/mol. The largest absolute Gasteiger partial charge is 0.341 e. The minimum absolute atomic E-state index is 0.0884. The lowest BCUT2D eigenvalue weighted by molar-refractivity contribution is -0.127. The van der Waals surface area contributed by atoms with E-state index in [1.165, 1.54) is 17.3 Å². The van der Waals surface area contributed by atoms with Gasteiger partial charge in [-0.3, -0.25) is 9.59 Å². The van der Waals surface area contributed by atoms with E-state index >= 15 is 0 Å². The molecule has 0 saturated carbocycles. The first-order valence-corrected chi connectivity index (χ1v) is 7.92. The van der Waals surface area contributed by atoms with Gasteiger partial charge in [0, 0.05) is 36.2 Å². The Morgan fingerprint density at radius 3 is 2.89 bits per heavy atom. The summed E-state index contributed by atoms with van der Waals surface area (Å²) in [6.45, 7) is 2.96. The molecule has 0 aromatic heterocycles. The van der Waals surface area contributed by atoms with E-state index in [0.717, 1.165) is 17.4 Å². The van der Waals surface area contributed by atoms with Crippen LogP contribution in [0.5, 0.6) is 0 Å². The summed E-state index contributed by atoms with van der Waals surface area (Å²) in [5.74, 6) is 0.158. The number of likely N-dealkylation sites (tertiary alicyclic amines) is 1. The van der Waals surface area contributed by atoms with Crippen LogP contribution in [-0.2, 0) is 16.0 Å². The molecule has 1 atom stereocenters. The number of nitrogens with zero attached hydrogens (tertiary/aromatic N) is 1. The highest BCUT2D eigenvalue weighted by Crippen LogP contribution is 2.25. The third kappa shape index (κ3) is 4.08. The molecule has 1 fully saturated rings. The minimum Gasteiger partial charge on any atom is -0.341 e. The van der Waals surface area contributed by atoms with E-state index in [4.69, 9.17) is 0 Å². The lowest BCUT2D eigenvalue weighted by atomic mass is 10.1. The van der Waals surface area contributed by atoms with Crippen molar-refractivity contribution in [1.82, 2.24) is 4.90 Å². The number of halogens is 1. The molecule has 1 aromatic carbocycles. The number of carbonyl (C=O) groups excluding carboxylic acids is 2. The maximum absolute atomic E-state index is 11.9. The van der Waals surface area contributed by atoms with Gasteiger partial charge in [-0.25, -0.2) is 0 Å². The van der Waals surface area contributed by atoms with Crippen molar-refractivity contribution in [2.45, 2.75) is 25.0 Å². The van der Waals surface area contributed by atoms with Gasteiger partial charge in [0.1, 0.15) is 0 Å². The highest BCUT2D eigenvalue weighted by Gasteiger charge is 2.30. The molecule has 0 spiro atoms. The SMILES string of the molecule is CC(=O)SC1CC(=O)N(CCc2ccccc2Br)C1. The summed E-state index contributed by atoms with van der Waals surface area (Å²) in [5.41, 5.74) is 1.21. The molecular formula is C14H16BrNO2S. The molecule has 0 aliphatic carbocycles. The van der Waals surface area contributed by atoms with Crippen molar-refractivity contribution in [3.8, 4) is 0 Å². The van der Waals surface area contributed by atoms with E-state index < -0.39 is 0 Å². The van der Waals surface area contributed by atoms with E-state index in [1.807, 2.05) is 23.1 Å². The monoisotopic (exact) mass is 341 g/mol. The van der Waals surface area contributed by atoms with E-state index in [2.05, 4.69) is 22.0 Å². The van der Waals surface area contributed by atoms with Crippen LogP contribution < -0.4 is 0 Å². The maximum atomic E-state index is 11.9. The Hall–Kier alpha value is -0.810. The fourth-order valence-corrected chi connectivity index (χ4v) is 3.66. The first-order chi connectivity index (χ1) is 9.06. The first kappa shape index (κ1) is 14.6. The van der Waals surface area contributed by atoms with Crippen LogP contribution in [-0.4, -0.2) is 34.3 Å². The second kappa shape index (κ2) is 6.57. The molecule has 102 valence electrons. The number of rotatable bonds is 4. The fourth-order valence-electron chi connectivity index (χ4n) is 2.22. The molecule has 1 aliphatic rings. The van der Waals surface area contributed by atoms with Crippen molar-refractivity contribution in [3.05, 3.63) is 34.3 Å². The quantitative estimate of drug-likeness (QED) is 0.844. The summed E-state index contributed by atoms with van der Waals surface area (Å²) < 4.78 is 1.08. The molecule has 0 bridgehead atoms. The molecule has 2 rings (SSSR count). The third-order valence-corrected chi connectivity index (χ3v) is 4.88. The van der Waals surface area contributed by atoms with Gasteiger partial charge in [0.2, 0.25) is 5.91 Å². The van der Waals surface area contributed by atoms with E-state index in [0.29, 0.717) is 13.0 Å². The summed E-state index contributed by atoms with van der Waals surface area (Å²) in [4.78, 5) is 24.8. The molecule has 1 unspecified atom stereocenters. The summed E-state index contributed by atoms with van der Waals surface area (Å²) in [5, 5.41) is 0.217. The van der Waals surface area contributed by atoms with E-state index in [1.54, 1.807) is 6.92 Å². The van der Waals surface area contributed by atoms with Crippen molar-refractivity contribution >= 4 is 38.7 Å². The van der Waals surface area contributed by atoms with Crippen molar-refractivity contribution in [2.75, 3.05) is 13.1 Å². The molecule has 19 heavy (non-hydrogen) atoms. The van der Waals surface area contributed by atoms with Crippen LogP contribution in [0, 0.1) is 0 Å². The van der Waals surface area contributed by atoms with Crippen molar-refractivity contribution in [1.29, 1.82) is 0 Å². The minimum atomic E-state index is 0.0884. The van der Waals surface area contributed by atoms with Gasteiger partial charge in [0.15, 0.2) is 5.12 Å². The molecule has 0 N–H and O–H groups in total. The third-order valence-electron chi connectivity index (χ3n) is 3.12. The Balaban J connectivity index is 1.88. The Labute approximate surface area is 125 Å². The van der Waals surface area contributed by atoms with E-state index in [9.17, 15) is 9.59 Å². The first-order valence-electron chi connectivity index (χ1n) is 6.24. The van der Waals surface area contributed by atoms with Gasteiger partial charge in [0.25, 0.3) is 0 Å². The fraction of sp³-hybridized carbons (Fsp3) is 0.429. The molecule has 0 radical (unpaired) electrons. The standard InChI is InChI=1S/C14H16BrNO2S/c1-10(17)19-12-8-14(18)16(9-12)7-6-11-4-2-3-5-13(11)15/h2-5,12H,6-9H2,1H3. The molecule has 1 aliphatic heterocycles. The van der Waals surface area contributed by atoms with Gasteiger partial charge >= 0.3 is 0 Å². The second-order valence-electron chi connectivity index (χ2n) is 4.62. The van der Waals surface area contributed by atoms with Crippen LogP contribution in [0.3, 0.4) is 0 Å². The average molecular weight is 342 g/mol. The average Bonchev–Trinajstić information content (AvgIpc) is 2.67. The zero-order chi connectivity index (χ0) is 13.8. The highest BCUT2D eigenvalue weighted by molar-refractivity contribution is 9.10. The van der Waals surface area contributed by atoms with Crippen LogP contribution in [0.1, 0.15) is 18.9 Å². The van der Waals surface area contributed by atoms with E-state index in [-0.39, 0.29) is 16.3 Å². The lowest BCUT2D eigenvalue weighted by Gasteiger charge is -2.16. The molecule has 1 heterocycles. The van der Waals surface area contributed by atoms with Crippen molar-refractivity contribution in [3.63, 3.8) is 0 Å². The van der Waals surface area contributed by atoms with Crippen molar-refractivity contribution < 1.29 is 9.59 Å². The second-order valence-corrected chi connectivity index (χ2v) is 6.95. The summed E-state index contributed by atoms with van der Waals surface area (Å²) in [7, 11) is 0. The lowest BCUT2D eigenvalue weighted by Crippen LogP contribution is -2.28. The van der Waals surface area contributed by atoms with Crippen LogP contribution >= 0.6 is 27.7 Å². The Morgan fingerprint density at radius 1 is 1.47 bits per heavy atom. The predicted octanol–water partition coefficient (Wildman–Crippen LogP) is 2.87. The van der Waals surface area contributed by atoms with Gasteiger partial charge in [0.05, 0.1) is 0 Å². The summed E-state index contributed by atoms with van der Waals surface area (Å²) in [6, 6.07) is 8.05. The maximum Gasteiger partial charge on any atom is 0.223 e. The number of hydrogen-bond acceptors (Lipinski definition) is 3. The van der Waals surface area contributed by atoms with Crippen LogP contribution in [0.25, 0.3) is 0 Å². The summed E-state index contributed by atoms with van der Waals surface area (Å²) in [6.07, 6.45) is 1.32. The van der Waals surface area contributed by atoms with Crippen molar-refractivity contribution in [2.24, 2.45) is 0 Å².